The number of halogens is 3. The Balaban J connectivity index is 1.67. The second kappa shape index (κ2) is 15.8. The fourth-order valence-corrected chi connectivity index (χ4v) is 3.97. The van der Waals surface area contributed by atoms with E-state index >= 15 is 0 Å². The normalized spacial score (nSPS) is 10.4. The Hall–Kier alpha value is -2.07. The number of hydrazine groups is 1. The maximum Gasteiger partial charge on any atom is 0.257 e. The Bertz CT molecular complexity index is 1030. The molecule has 2 aromatic carbocycles. The molecule has 0 aliphatic heterocycles. The molecule has 0 atom stereocenters. The van der Waals surface area contributed by atoms with E-state index in [9.17, 15) is 9.59 Å². The Morgan fingerprint density at radius 2 is 1.66 bits per heavy atom. The summed E-state index contributed by atoms with van der Waals surface area (Å²) in [5.41, 5.74) is 5.35. The van der Waals surface area contributed by atoms with Gasteiger partial charge in [0.2, 0.25) is 5.91 Å². The zero-order valence-electron chi connectivity index (χ0n) is 19.3. The summed E-state index contributed by atoms with van der Waals surface area (Å²) in [5, 5.41) is 3.41. The van der Waals surface area contributed by atoms with Gasteiger partial charge in [0.15, 0.2) is 5.11 Å². The number of unbranched alkanes of at least 4 members (excludes halogenated alkanes) is 3. The van der Waals surface area contributed by atoms with Gasteiger partial charge in [-0.25, -0.2) is 0 Å². The first-order chi connectivity index (χ1) is 16.8. The monoisotopic (exact) mass is 603 g/mol. The molecule has 0 aliphatic carbocycles. The van der Waals surface area contributed by atoms with E-state index in [1.165, 1.54) is 12.8 Å². The summed E-state index contributed by atoms with van der Waals surface area (Å²) in [6.45, 7) is 3.08. The summed E-state index contributed by atoms with van der Waals surface area (Å²) in [7, 11) is 0. The third kappa shape index (κ3) is 11.0. The number of rotatable bonds is 12. The molecule has 35 heavy (non-hydrogen) atoms. The molecule has 2 aromatic rings. The zero-order chi connectivity index (χ0) is 25.6. The van der Waals surface area contributed by atoms with Crippen molar-refractivity contribution in [1.82, 2.24) is 16.2 Å². The van der Waals surface area contributed by atoms with Crippen molar-refractivity contribution in [1.29, 1.82) is 0 Å². The minimum absolute atomic E-state index is 0.0279. The van der Waals surface area contributed by atoms with E-state index in [1.807, 2.05) is 0 Å². The SMILES string of the molecule is CCCCCCOc1ccc(C(=O)NC(=S)NNC(=O)CCCOc2ccc(Cl)cc2Cl)cc1Br. The second-order valence-corrected chi connectivity index (χ2v) is 9.64. The van der Waals surface area contributed by atoms with Crippen LogP contribution in [0.4, 0.5) is 0 Å². The van der Waals surface area contributed by atoms with Crippen LogP contribution in [0.5, 0.6) is 11.5 Å². The highest BCUT2D eigenvalue weighted by molar-refractivity contribution is 9.10. The Morgan fingerprint density at radius 1 is 0.943 bits per heavy atom. The third-order valence-electron chi connectivity index (χ3n) is 4.69. The number of carbonyl (C=O) groups is 2. The molecular weight excluding hydrogens is 577 g/mol. The minimum atomic E-state index is -0.416. The van der Waals surface area contributed by atoms with E-state index in [4.69, 9.17) is 44.9 Å². The zero-order valence-corrected chi connectivity index (χ0v) is 23.2. The van der Waals surface area contributed by atoms with Gasteiger partial charge in [-0.3, -0.25) is 25.8 Å². The lowest BCUT2D eigenvalue weighted by atomic mass is 10.2. The molecule has 11 heteroatoms. The summed E-state index contributed by atoms with van der Waals surface area (Å²) in [5.74, 6) is 0.445. The van der Waals surface area contributed by atoms with Crippen molar-refractivity contribution in [2.24, 2.45) is 0 Å². The van der Waals surface area contributed by atoms with Crippen LogP contribution < -0.4 is 25.6 Å². The molecule has 190 valence electrons. The van der Waals surface area contributed by atoms with Gasteiger partial charge in [0.05, 0.1) is 22.7 Å². The van der Waals surface area contributed by atoms with Crippen LogP contribution in [0.15, 0.2) is 40.9 Å². The van der Waals surface area contributed by atoms with Gasteiger partial charge in [-0.1, -0.05) is 49.4 Å². The molecule has 0 bridgehead atoms. The van der Waals surface area contributed by atoms with Gasteiger partial charge < -0.3 is 9.47 Å². The van der Waals surface area contributed by atoms with Crippen LogP contribution in [-0.2, 0) is 4.79 Å². The maximum absolute atomic E-state index is 12.4. The molecule has 0 heterocycles. The molecule has 0 unspecified atom stereocenters. The van der Waals surface area contributed by atoms with Gasteiger partial charge in [-0.2, -0.15) is 0 Å². The van der Waals surface area contributed by atoms with Crippen molar-refractivity contribution in [3.8, 4) is 11.5 Å². The number of amides is 2. The van der Waals surface area contributed by atoms with Crippen LogP contribution in [0, 0.1) is 0 Å². The fourth-order valence-electron chi connectivity index (χ4n) is 2.87. The highest BCUT2D eigenvalue weighted by atomic mass is 79.9. The lowest BCUT2D eigenvalue weighted by molar-refractivity contribution is -0.121. The third-order valence-corrected chi connectivity index (χ3v) is 6.05. The number of hydrogen-bond donors (Lipinski definition) is 3. The predicted octanol–water partition coefficient (Wildman–Crippen LogP) is 6.21. The van der Waals surface area contributed by atoms with Crippen molar-refractivity contribution in [3.63, 3.8) is 0 Å². The highest BCUT2D eigenvalue weighted by Crippen LogP contribution is 2.28. The minimum Gasteiger partial charge on any atom is -0.492 e. The van der Waals surface area contributed by atoms with E-state index in [1.54, 1.807) is 36.4 Å². The van der Waals surface area contributed by atoms with Crippen LogP contribution >= 0.6 is 51.3 Å². The molecule has 0 fully saturated rings. The Labute approximate surface area is 229 Å². The van der Waals surface area contributed by atoms with Crippen molar-refractivity contribution >= 4 is 68.3 Å². The van der Waals surface area contributed by atoms with E-state index < -0.39 is 5.91 Å². The first kappa shape index (κ1) is 29.2. The van der Waals surface area contributed by atoms with Gasteiger partial charge in [-0.15, -0.1) is 0 Å². The smallest absolute Gasteiger partial charge is 0.257 e. The van der Waals surface area contributed by atoms with Crippen LogP contribution in [0.25, 0.3) is 0 Å². The maximum atomic E-state index is 12.4. The van der Waals surface area contributed by atoms with Crippen LogP contribution in [-0.4, -0.2) is 30.1 Å². The van der Waals surface area contributed by atoms with Gasteiger partial charge in [0, 0.05) is 17.0 Å². The molecule has 0 spiro atoms. The molecule has 3 N–H and O–H groups in total. The summed E-state index contributed by atoms with van der Waals surface area (Å²) in [6.07, 6.45) is 5.10. The molecule has 0 aliphatic rings. The van der Waals surface area contributed by atoms with E-state index in [0.29, 0.717) is 51.2 Å². The van der Waals surface area contributed by atoms with Gasteiger partial charge in [0.1, 0.15) is 11.5 Å². The van der Waals surface area contributed by atoms with Crippen molar-refractivity contribution in [2.75, 3.05) is 13.2 Å². The Kier molecular flexibility index (Phi) is 13.2. The van der Waals surface area contributed by atoms with Crippen LogP contribution in [0.3, 0.4) is 0 Å². The van der Waals surface area contributed by atoms with E-state index in [-0.39, 0.29) is 17.4 Å². The number of ether oxygens (including phenoxy) is 2. The predicted molar refractivity (Wildman–Crippen MR) is 146 cm³/mol. The molecule has 7 nitrogen and oxygen atoms in total. The molecule has 0 saturated carbocycles. The number of thiocarbonyl (C=S) groups is 1. The van der Waals surface area contributed by atoms with E-state index in [2.05, 4.69) is 39.0 Å². The number of hydrogen-bond acceptors (Lipinski definition) is 5. The lowest BCUT2D eigenvalue weighted by Crippen LogP contribution is -2.48. The first-order valence-corrected chi connectivity index (χ1v) is 13.2. The fraction of sp³-hybridized carbons (Fsp3) is 0.375. The average Bonchev–Trinajstić information content (AvgIpc) is 2.82. The molecule has 0 saturated heterocycles. The summed E-state index contributed by atoms with van der Waals surface area (Å²) >= 11 is 20.4. The number of carbonyl (C=O) groups excluding carboxylic acids is 2. The molecule has 2 amide bonds. The van der Waals surface area contributed by atoms with E-state index in [0.717, 1.165) is 12.8 Å². The van der Waals surface area contributed by atoms with Crippen LogP contribution in [0.1, 0.15) is 55.8 Å². The van der Waals surface area contributed by atoms with Crippen molar-refractivity contribution in [3.05, 3.63) is 56.5 Å². The topological polar surface area (TPSA) is 88.7 Å². The quantitative estimate of drug-likeness (QED) is 0.152. The van der Waals surface area contributed by atoms with Crippen molar-refractivity contribution < 1.29 is 19.1 Å². The van der Waals surface area contributed by atoms with Gasteiger partial charge >= 0.3 is 0 Å². The molecule has 0 radical (unpaired) electrons. The average molecular weight is 605 g/mol. The summed E-state index contributed by atoms with van der Waals surface area (Å²) in [6, 6.07) is 9.96. The molecular formula is C24H28BrCl2N3O4S. The number of nitrogens with one attached hydrogen (secondary N) is 3. The Morgan fingerprint density at radius 3 is 2.37 bits per heavy atom. The summed E-state index contributed by atoms with van der Waals surface area (Å²) < 4.78 is 12.0. The first-order valence-electron chi connectivity index (χ1n) is 11.2. The largest absolute Gasteiger partial charge is 0.492 e. The second-order valence-electron chi connectivity index (χ2n) is 7.54. The van der Waals surface area contributed by atoms with Crippen LogP contribution in [0.2, 0.25) is 10.0 Å². The van der Waals surface area contributed by atoms with Gasteiger partial charge in [-0.05, 0) is 77.4 Å². The van der Waals surface area contributed by atoms with Gasteiger partial charge in [0.25, 0.3) is 5.91 Å². The lowest BCUT2D eigenvalue weighted by Gasteiger charge is -2.12. The van der Waals surface area contributed by atoms with Crippen molar-refractivity contribution in [2.45, 2.75) is 45.4 Å². The summed E-state index contributed by atoms with van der Waals surface area (Å²) in [4.78, 5) is 24.4. The standard InChI is InChI=1S/C24H28BrCl2N3O4S/c1-2-3-4-5-12-33-20-10-8-16(14-18(20)25)23(32)28-24(35)30-29-22(31)7-6-13-34-21-11-9-17(26)15-19(21)27/h8-11,14-15H,2-7,12-13H2,1H3,(H,29,31)(H2,28,30,32,35). The highest BCUT2D eigenvalue weighted by Gasteiger charge is 2.12. The molecule has 0 aromatic heterocycles. The molecule has 2 rings (SSSR count). The number of benzene rings is 2.